The molecule has 0 heterocycles. The van der Waals surface area contributed by atoms with Crippen molar-refractivity contribution in [3.63, 3.8) is 0 Å². The Bertz CT molecular complexity index is 1160. The molecule has 5 heteroatoms. The fraction of sp³-hybridized carbons (Fsp3) is 0.161. The Kier molecular flexibility index (Phi) is 8.65. The van der Waals surface area contributed by atoms with Gasteiger partial charge in [-0.25, -0.2) is 0 Å². The van der Waals surface area contributed by atoms with Crippen molar-refractivity contribution in [2.75, 3.05) is 11.5 Å². The predicted octanol–water partition coefficient (Wildman–Crippen LogP) is 5.71. The third-order valence-corrected chi connectivity index (χ3v) is 10.6. The molecule has 36 heavy (non-hydrogen) atoms. The number of anilines is 1. The molecule has 0 saturated heterocycles. The largest absolute Gasteiger partial charge is 0.427 e. The Morgan fingerprint density at radius 1 is 0.667 bits per heavy atom. The molecule has 0 bridgehead atoms. The zero-order chi connectivity index (χ0) is 25.2. The fourth-order valence-electron chi connectivity index (χ4n) is 4.49. The average molecular weight is 497 g/mol. The minimum atomic E-state index is -1.88. The van der Waals surface area contributed by atoms with E-state index in [0.717, 1.165) is 19.0 Å². The van der Waals surface area contributed by atoms with E-state index in [0.29, 0.717) is 17.9 Å². The Morgan fingerprint density at radius 3 is 1.58 bits per heavy atom. The van der Waals surface area contributed by atoms with Crippen molar-refractivity contribution < 1.29 is 14.3 Å². The number of carbonyl (C=O) groups is 2. The van der Waals surface area contributed by atoms with Crippen LogP contribution in [0.2, 0.25) is 0 Å². The topological polar surface area (TPSA) is 55.4 Å². The SMILES string of the molecule is CC(=O)Nc1ccc(OC(=O)CCCC[P+](c2ccccc2)(c2ccccc2)c2ccccc2)cc1. The van der Waals surface area contributed by atoms with Gasteiger partial charge in [0.05, 0.1) is 6.16 Å². The molecule has 0 aliphatic carbocycles. The Labute approximate surface area is 213 Å². The van der Waals surface area contributed by atoms with Crippen LogP contribution in [0.3, 0.4) is 0 Å². The van der Waals surface area contributed by atoms with E-state index in [4.69, 9.17) is 4.74 Å². The lowest BCUT2D eigenvalue weighted by atomic mass is 10.2. The number of hydrogen-bond donors (Lipinski definition) is 1. The van der Waals surface area contributed by atoms with Gasteiger partial charge in [0, 0.05) is 19.0 Å². The highest BCUT2D eigenvalue weighted by Gasteiger charge is 2.44. The first-order valence-electron chi connectivity index (χ1n) is 12.2. The molecule has 0 spiro atoms. The van der Waals surface area contributed by atoms with Crippen molar-refractivity contribution >= 4 is 40.7 Å². The van der Waals surface area contributed by atoms with Crippen LogP contribution in [0.25, 0.3) is 0 Å². The number of hydrogen-bond acceptors (Lipinski definition) is 3. The second-order valence-electron chi connectivity index (χ2n) is 8.68. The maximum absolute atomic E-state index is 12.5. The van der Waals surface area contributed by atoms with Crippen LogP contribution in [0.4, 0.5) is 5.69 Å². The summed E-state index contributed by atoms with van der Waals surface area (Å²) in [6.07, 6.45) is 2.98. The number of amides is 1. The molecule has 4 rings (SSSR count). The van der Waals surface area contributed by atoms with Gasteiger partial charge in [0.2, 0.25) is 5.91 Å². The zero-order valence-corrected chi connectivity index (χ0v) is 21.4. The molecule has 0 atom stereocenters. The lowest BCUT2D eigenvalue weighted by Gasteiger charge is -2.27. The van der Waals surface area contributed by atoms with Crippen LogP contribution < -0.4 is 26.0 Å². The molecule has 0 fully saturated rings. The Balaban J connectivity index is 1.47. The van der Waals surface area contributed by atoms with Crippen molar-refractivity contribution in [1.82, 2.24) is 0 Å². The highest BCUT2D eigenvalue weighted by Crippen LogP contribution is 2.55. The summed E-state index contributed by atoms with van der Waals surface area (Å²) in [7, 11) is -1.88. The molecule has 1 N–H and O–H groups in total. The van der Waals surface area contributed by atoms with E-state index in [2.05, 4.69) is 96.3 Å². The van der Waals surface area contributed by atoms with Crippen LogP contribution in [0.15, 0.2) is 115 Å². The molecule has 4 aromatic rings. The summed E-state index contributed by atoms with van der Waals surface area (Å²) >= 11 is 0. The number of nitrogens with one attached hydrogen (secondary N) is 1. The lowest BCUT2D eigenvalue weighted by Crippen LogP contribution is -2.33. The summed E-state index contributed by atoms with van der Waals surface area (Å²) in [4.78, 5) is 23.7. The van der Waals surface area contributed by atoms with Crippen LogP contribution in [0.5, 0.6) is 5.75 Å². The van der Waals surface area contributed by atoms with E-state index >= 15 is 0 Å². The zero-order valence-electron chi connectivity index (χ0n) is 20.5. The third kappa shape index (κ3) is 6.27. The third-order valence-electron chi connectivity index (χ3n) is 6.12. The summed E-state index contributed by atoms with van der Waals surface area (Å²) in [6, 6.07) is 39.2. The lowest BCUT2D eigenvalue weighted by molar-refractivity contribution is -0.134. The maximum atomic E-state index is 12.5. The highest BCUT2D eigenvalue weighted by molar-refractivity contribution is 7.95. The first-order chi connectivity index (χ1) is 17.6. The number of esters is 1. The van der Waals surface area contributed by atoms with Crippen LogP contribution in [-0.4, -0.2) is 18.0 Å². The minimum absolute atomic E-state index is 0.139. The summed E-state index contributed by atoms with van der Waals surface area (Å²) in [6.45, 7) is 1.46. The van der Waals surface area contributed by atoms with E-state index in [1.54, 1.807) is 24.3 Å². The Hall–Kier alpha value is -3.75. The summed E-state index contributed by atoms with van der Waals surface area (Å²) < 4.78 is 5.52. The number of ether oxygens (including phenoxy) is 1. The van der Waals surface area contributed by atoms with Gasteiger partial charge in [-0.15, -0.1) is 0 Å². The number of rotatable bonds is 10. The van der Waals surface area contributed by atoms with Crippen molar-refractivity contribution in [2.45, 2.75) is 26.2 Å². The molecule has 0 aliphatic heterocycles. The first-order valence-corrected chi connectivity index (χ1v) is 14.2. The van der Waals surface area contributed by atoms with Gasteiger partial charge in [0.25, 0.3) is 0 Å². The van der Waals surface area contributed by atoms with Crippen LogP contribution in [0, 0.1) is 0 Å². The summed E-state index contributed by atoms with van der Waals surface area (Å²) in [5.74, 6) is 0.0966. The molecular formula is C31H31NO3P+. The standard InChI is InChI=1S/C31H30NO3P/c1-25(33)32-26-20-22-27(23-21-26)35-31(34)19-11-12-24-36(28-13-5-2-6-14-28,29-15-7-3-8-16-29)30-17-9-4-10-18-30/h2-10,13-18,20-23H,11-12,19,24H2,1H3/p+1. The minimum Gasteiger partial charge on any atom is -0.427 e. The van der Waals surface area contributed by atoms with Crippen LogP contribution in [-0.2, 0) is 9.59 Å². The normalized spacial score (nSPS) is 11.0. The Morgan fingerprint density at radius 2 is 1.14 bits per heavy atom. The number of carbonyl (C=O) groups excluding carboxylic acids is 2. The molecule has 1 amide bonds. The van der Waals surface area contributed by atoms with E-state index in [9.17, 15) is 9.59 Å². The molecule has 4 aromatic carbocycles. The smallest absolute Gasteiger partial charge is 0.311 e. The van der Waals surface area contributed by atoms with Gasteiger partial charge in [-0.2, -0.15) is 0 Å². The molecule has 0 aromatic heterocycles. The van der Waals surface area contributed by atoms with E-state index in [1.807, 2.05) is 0 Å². The predicted molar refractivity (Wildman–Crippen MR) is 150 cm³/mol. The van der Waals surface area contributed by atoms with Crippen LogP contribution in [0.1, 0.15) is 26.2 Å². The first kappa shape index (κ1) is 25.3. The molecule has 0 saturated carbocycles. The number of unbranched alkanes of at least 4 members (excludes halogenated alkanes) is 1. The summed E-state index contributed by atoms with van der Waals surface area (Å²) in [5, 5.41) is 6.76. The summed E-state index contributed by atoms with van der Waals surface area (Å²) in [5.41, 5.74) is 0.672. The molecule has 0 radical (unpaired) electrons. The molecule has 182 valence electrons. The molecule has 0 aliphatic rings. The van der Waals surface area contributed by atoms with Crippen molar-refractivity contribution in [1.29, 1.82) is 0 Å². The molecule has 0 unspecified atom stereocenters. The van der Waals surface area contributed by atoms with Crippen LogP contribution >= 0.6 is 7.26 Å². The monoisotopic (exact) mass is 496 g/mol. The average Bonchev–Trinajstić information content (AvgIpc) is 2.91. The van der Waals surface area contributed by atoms with Gasteiger partial charge in [-0.1, -0.05) is 54.6 Å². The van der Waals surface area contributed by atoms with Gasteiger partial charge in [-0.05, 0) is 73.5 Å². The van der Waals surface area contributed by atoms with Gasteiger partial charge in [0.15, 0.2) is 0 Å². The van der Waals surface area contributed by atoms with E-state index in [-0.39, 0.29) is 11.9 Å². The quantitative estimate of drug-likeness (QED) is 0.132. The maximum Gasteiger partial charge on any atom is 0.311 e. The molecular weight excluding hydrogens is 465 g/mol. The van der Waals surface area contributed by atoms with Gasteiger partial charge >= 0.3 is 5.97 Å². The fourth-order valence-corrected chi connectivity index (χ4v) is 8.90. The number of benzene rings is 4. The van der Waals surface area contributed by atoms with E-state index < -0.39 is 7.26 Å². The van der Waals surface area contributed by atoms with Crippen molar-refractivity contribution in [3.8, 4) is 5.75 Å². The van der Waals surface area contributed by atoms with Gasteiger partial charge in [0.1, 0.15) is 28.9 Å². The highest BCUT2D eigenvalue weighted by atomic mass is 31.2. The van der Waals surface area contributed by atoms with Crippen molar-refractivity contribution in [3.05, 3.63) is 115 Å². The molecule has 4 nitrogen and oxygen atoms in total. The van der Waals surface area contributed by atoms with Gasteiger partial charge in [-0.3, -0.25) is 9.59 Å². The van der Waals surface area contributed by atoms with Crippen molar-refractivity contribution in [2.24, 2.45) is 0 Å². The second kappa shape index (κ2) is 12.3. The second-order valence-corrected chi connectivity index (χ2v) is 12.3. The van der Waals surface area contributed by atoms with Gasteiger partial charge < -0.3 is 10.1 Å². The van der Waals surface area contributed by atoms with E-state index in [1.165, 1.54) is 22.8 Å².